The van der Waals surface area contributed by atoms with E-state index in [9.17, 15) is 9.59 Å². The number of esters is 1. The fraction of sp³-hybridized carbons (Fsp3) is 0.722. The molecule has 0 radical (unpaired) electrons. The first-order valence-electron chi connectivity index (χ1n) is 8.51. The van der Waals surface area contributed by atoms with Gasteiger partial charge in [0, 0.05) is 18.4 Å². The van der Waals surface area contributed by atoms with Crippen LogP contribution >= 0.6 is 0 Å². The molecule has 0 bridgehead atoms. The summed E-state index contributed by atoms with van der Waals surface area (Å²) in [6.07, 6.45) is 4.90. The maximum atomic E-state index is 12.2. The van der Waals surface area contributed by atoms with E-state index < -0.39 is 12.1 Å². The largest absolute Gasteiger partial charge is 0.516 e. The minimum Gasteiger partial charge on any atom is -0.434 e. The summed E-state index contributed by atoms with van der Waals surface area (Å²) in [7, 11) is 0. The molecule has 1 aliphatic heterocycles. The zero-order valence-electron chi connectivity index (χ0n) is 14.5. The fourth-order valence-electron chi connectivity index (χ4n) is 3.65. The second kappa shape index (κ2) is 7.75. The van der Waals surface area contributed by atoms with Gasteiger partial charge in [-0.05, 0) is 38.0 Å². The molecule has 0 N–H and O–H groups in total. The average molecular weight is 323 g/mol. The summed E-state index contributed by atoms with van der Waals surface area (Å²) in [6.45, 7) is 7.94. The van der Waals surface area contributed by atoms with E-state index in [1.165, 1.54) is 5.57 Å². The van der Waals surface area contributed by atoms with E-state index >= 15 is 0 Å². The SMILES string of the molecule is CCOC(=O)OC(=O)[C@H](C)[C@@H]1CC[C@@H](C)[C@@H]2CCC(C)=[O+]C=C21. The minimum absolute atomic E-state index is 0.0593. The van der Waals surface area contributed by atoms with Crippen molar-refractivity contribution in [3.63, 3.8) is 0 Å². The van der Waals surface area contributed by atoms with Gasteiger partial charge in [0.15, 0.2) is 0 Å². The van der Waals surface area contributed by atoms with Gasteiger partial charge in [-0.2, -0.15) is 0 Å². The molecule has 0 spiro atoms. The highest BCUT2D eigenvalue weighted by atomic mass is 16.7. The Morgan fingerprint density at radius 1 is 1.35 bits per heavy atom. The van der Waals surface area contributed by atoms with Crippen LogP contribution in [-0.2, 0) is 18.7 Å². The second-order valence-electron chi connectivity index (χ2n) is 6.64. The van der Waals surface area contributed by atoms with Gasteiger partial charge in [-0.1, -0.05) is 13.8 Å². The maximum Gasteiger partial charge on any atom is 0.516 e. The minimum atomic E-state index is -0.916. The summed E-state index contributed by atoms with van der Waals surface area (Å²) in [4.78, 5) is 23.6. The Morgan fingerprint density at radius 3 is 2.78 bits per heavy atom. The molecule has 1 saturated carbocycles. The molecule has 5 heteroatoms. The summed E-state index contributed by atoms with van der Waals surface area (Å²) in [5.41, 5.74) is 1.19. The number of fused-ring (bicyclic) bond motifs is 1. The second-order valence-corrected chi connectivity index (χ2v) is 6.64. The van der Waals surface area contributed by atoms with Crippen molar-refractivity contribution in [2.75, 3.05) is 6.61 Å². The summed E-state index contributed by atoms with van der Waals surface area (Å²) in [5.74, 6) is 1.18. The molecule has 0 aromatic carbocycles. The third kappa shape index (κ3) is 4.21. The van der Waals surface area contributed by atoms with Crippen molar-refractivity contribution < 1.29 is 23.5 Å². The summed E-state index contributed by atoms with van der Waals surface area (Å²) in [6, 6.07) is 0. The number of hydrogen-bond donors (Lipinski definition) is 0. The molecule has 23 heavy (non-hydrogen) atoms. The quantitative estimate of drug-likeness (QED) is 0.450. The Hall–Kier alpha value is -1.65. The molecule has 0 aromatic rings. The topological polar surface area (TPSA) is 63.9 Å². The third-order valence-corrected chi connectivity index (χ3v) is 5.10. The van der Waals surface area contributed by atoms with Crippen LogP contribution in [0.5, 0.6) is 0 Å². The fourth-order valence-corrected chi connectivity index (χ4v) is 3.65. The third-order valence-electron chi connectivity index (χ3n) is 5.10. The Morgan fingerprint density at radius 2 is 2.09 bits per heavy atom. The standard InChI is InChI=1S/C18H27O5/c1-5-21-18(20)23-17(19)13(4)15-8-6-11(2)14-9-7-12(3)22-10-16(14)15/h10-11,13-15H,5-9H2,1-4H3/q+1/t11-,13-,14+,15+/m1/s1. The summed E-state index contributed by atoms with van der Waals surface area (Å²) >= 11 is 0. The normalized spacial score (nSPS) is 28.6. The van der Waals surface area contributed by atoms with Crippen LogP contribution in [0.1, 0.15) is 53.4 Å². The molecule has 0 aromatic heterocycles. The van der Waals surface area contributed by atoms with Crippen LogP contribution in [0.25, 0.3) is 0 Å². The zero-order valence-corrected chi connectivity index (χ0v) is 14.5. The molecule has 0 unspecified atom stereocenters. The van der Waals surface area contributed by atoms with Crippen LogP contribution in [-0.4, -0.2) is 24.5 Å². The number of hydrogen-bond acceptors (Lipinski definition) is 4. The zero-order chi connectivity index (χ0) is 17.0. The molecule has 1 aliphatic carbocycles. The predicted octanol–water partition coefficient (Wildman–Crippen LogP) is 3.79. The number of ether oxygens (including phenoxy) is 2. The van der Waals surface area contributed by atoms with Gasteiger partial charge in [-0.3, -0.25) is 4.79 Å². The van der Waals surface area contributed by atoms with Crippen LogP contribution in [0, 0.1) is 23.7 Å². The van der Waals surface area contributed by atoms with Crippen molar-refractivity contribution in [2.24, 2.45) is 23.7 Å². The van der Waals surface area contributed by atoms with E-state index in [-0.39, 0.29) is 18.4 Å². The number of carbonyl (C=O) groups excluding carboxylic acids is 3. The van der Waals surface area contributed by atoms with E-state index in [0.717, 1.165) is 31.5 Å². The van der Waals surface area contributed by atoms with Crippen molar-refractivity contribution in [2.45, 2.75) is 53.4 Å². The first-order valence-corrected chi connectivity index (χ1v) is 8.51. The summed E-state index contributed by atoms with van der Waals surface area (Å²) in [5, 5.41) is 0. The van der Waals surface area contributed by atoms with Crippen molar-refractivity contribution in [1.82, 2.24) is 0 Å². The first kappa shape index (κ1) is 17.7. The number of allylic oxidation sites excluding steroid dienone is 1. The van der Waals surface area contributed by atoms with Crippen molar-refractivity contribution in [3.8, 4) is 0 Å². The lowest BCUT2D eigenvalue weighted by Gasteiger charge is -2.36. The van der Waals surface area contributed by atoms with Crippen LogP contribution < -0.4 is 0 Å². The van der Waals surface area contributed by atoms with E-state index in [1.807, 2.05) is 20.1 Å². The number of rotatable bonds is 3. The van der Waals surface area contributed by atoms with E-state index in [4.69, 9.17) is 9.16 Å². The van der Waals surface area contributed by atoms with Gasteiger partial charge in [-0.25, -0.2) is 9.22 Å². The molecule has 1 fully saturated rings. The lowest BCUT2D eigenvalue weighted by atomic mass is 9.66. The van der Waals surface area contributed by atoms with E-state index in [0.29, 0.717) is 11.8 Å². The Labute approximate surface area is 137 Å². The van der Waals surface area contributed by atoms with Gasteiger partial charge in [0.05, 0.1) is 18.9 Å². The van der Waals surface area contributed by atoms with Gasteiger partial charge in [0.25, 0.3) is 0 Å². The molecule has 5 nitrogen and oxygen atoms in total. The predicted molar refractivity (Wildman–Crippen MR) is 85.7 cm³/mol. The van der Waals surface area contributed by atoms with Gasteiger partial charge >= 0.3 is 24.2 Å². The average Bonchev–Trinajstić information content (AvgIpc) is 2.70. The van der Waals surface area contributed by atoms with Gasteiger partial charge in [-0.15, -0.1) is 0 Å². The maximum absolute atomic E-state index is 12.2. The highest BCUT2D eigenvalue weighted by Crippen LogP contribution is 2.44. The van der Waals surface area contributed by atoms with Gasteiger partial charge in [0.2, 0.25) is 0 Å². The van der Waals surface area contributed by atoms with Crippen LogP contribution in [0.4, 0.5) is 4.79 Å². The Balaban J connectivity index is 2.13. The van der Waals surface area contributed by atoms with Crippen molar-refractivity contribution >= 4 is 17.9 Å². The Kier molecular flexibility index (Phi) is 5.97. The smallest absolute Gasteiger partial charge is 0.434 e. The molecule has 128 valence electrons. The molecule has 0 amide bonds. The lowest BCUT2D eigenvalue weighted by molar-refractivity contribution is -0.376. The van der Waals surface area contributed by atoms with Crippen molar-refractivity contribution in [1.29, 1.82) is 0 Å². The van der Waals surface area contributed by atoms with Crippen LogP contribution in [0.3, 0.4) is 0 Å². The van der Waals surface area contributed by atoms with Crippen LogP contribution in [0.15, 0.2) is 11.8 Å². The first-order chi connectivity index (χ1) is 10.9. The Bertz CT molecular complexity index is 520. The molecule has 2 aliphatic rings. The lowest BCUT2D eigenvalue weighted by Crippen LogP contribution is -2.34. The van der Waals surface area contributed by atoms with E-state index in [1.54, 1.807) is 6.92 Å². The molecule has 4 atom stereocenters. The van der Waals surface area contributed by atoms with Crippen molar-refractivity contribution in [3.05, 3.63) is 11.8 Å². The van der Waals surface area contributed by atoms with Gasteiger partial charge in [0.1, 0.15) is 0 Å². The molecular formula is C18H27O5+. The monoisotopic (exact) mass is 323 g/mol. The molecule has 0 saturated heterocycles. The number of ketones is 1. The number of carbonyl (C=O) groups is 2. The molecule has 1 heterocycles. The van der Waals surface area contributed by atoms with E-state index in [2.05, 4.69) is 11.7 Å². The summed E-state index contributed by atoms with van der Waals surface area (Å²) < 4.78 is 15.2. The highest BCUT2D eigenvalue weighted by molar-refractivity contribution is 5.83. The van der Waals surface area contributed by atoms with Gasteiger partial charge < -0.3 is 9.47 Å². The molecular weight excluding hydrogens is 296 g/mol. The highest BCUT2D eigenvalue weighted by Gasteiger charge is 2.41. The van der Waals surface area contributed by atoms with Crippen LogP contribution in [0.2, 0.25) is 0 Å². The molecule has 2 rings (SSSR count).